The molecule has 0 aliphatic carbocycles. The van der Waals surface area contributed by atoms with Crippen LogP contribution >= 0.6 is 0 Å². The molecule has 1 atom stereocenters. The van der Waals surface area contributed by atoms with E-state index in [4.69, 9.17) is 14.2 Å². The number of aromatic nitrogens is 4. The monoisotopic (exact) mass is 380 g/mol. The van der Waals surface area contributed by atoms with Crippen molar-refractivity contribution in [3.8, 4) is 11.4 Å². The van der Waals surface area contributed by atoms with Crippen LogP contribution in [-0.4, -0.2) is 51.8 Å². The zero-order chi connectivity index (χ0) is 19.2. The lowest BCUT2D eigenvalue weighted by Crippen LogP contribution is -2.23. The van der Waals surface area contributed by atoms with Crippen LogP contribution in [0, 0.1) is 0 Å². The third-order valence-corrected chi connectivity index (χ3v) is 4.85. The number of rotatable bonds is 8. The Morgan fingerprint density at radius 2 is 2.21 bits per heavy atom. The molecule has 8 nitrogen and oxygen atoms in total. The first-order chi connectivity index (χ1) is 13.8. The van der Waals surface area contributed by atoms with Gasteiger partial charge in [-0.25, -0.2) is 4.98 Å². The van der Waals surface area contributed by atoms with Crippen LogP contribution in [0.3, 0.4) is 0 Å². The minimum atomic E-state index is 0.128. The van der Waals surface area contributed by atoms with Gasteiger partial charge in [-0.3, -0.25) is 9.88 Å². The van der Waals surface area contributed by atoms with Gasteiger partial charge in [0.1, 0.15) is 5.82 Å². The quantitative estimate of drug-likeness (QED) is 0.597. The van der Waals surface area contributed by atoms with Crippen molar-refractivity contribution in [1.29, 1.82) is 0 Å². The fourth-order valence-corrected chi connectivity index (χ4v) is 3.50. The van der Waals surface area contributed by atoms with E-state index in [0.717, 1.165) is 37.3 Å². The highest BCUT2D eigenvalue weighted by molar-refractivity contribution is 5.69. The van der Waals surface area contributed by atoms with Crippen LogP contribution in [0.4, 0.5) is 5.82 Å². The van der Waals surface area contributed by atoms with Crippen molar-refractivity contribution in [1.82, 2.24) is 25.0 Å². The third-order valence-electron chi connectivity index (χ3n) is 4.85. The minimum absolute atomic E-state index is 0.128. The van der Waals surface area contributed by atoms with Gasteiger partial charge in [0.2, 0.25) is 11.7 Å². The molecule has 1 aliphatic rings. The molecule has 28 heavy (non-hydrogen) atoms. The second-order valence-electron chi connectivity index (χ2n) is 6.77. The third kappa shape index (κ3) is 4.18. The van der Waals surface area contributed by atoms with Crippen molar-refractivity contribution in [3.63, 3.8) is 0 Å². The van der Waals surface area contributed by atoms with E-state index >= 15 is 0 Å². The van der Waals surface area contributed by atoms with Crippen LogP contribution in [-0.2, 0) is 11.3 Å². The van der Waals surface area contributed by atoms with Crippen molar-refractivity contribution in [3.05, 3.63) is 54.3 Å². The van der Waals surface area contributed by atoms with Crippen molar-refractivity contribution in [2.45, 2.75) is 25.4 Å². The maximum Gasteiger partial charge on any atom is 0.244 e. The molecule has 4 rings (SSSR count). The Kier molecular flexibility index (Phi) is 5.89. The summed E-state index contributed by atoms with van der Waals surface area (Å²) in [6, 6.07) is 8.00. The molecule has 3 aromatic heterocycles. The Morgan fingerprint density at radius 3 is 3.07 bits per heavy atom. The van der Waals surface area contributed by atoms with Crippen molar-refractivity contribution >= 4 is 5.82 Å². The van der Waals surface area contributed by atoms with E-state index in [1.54, 1.807) is 19.5 Å². The molecule has 1 fully saturated rings. The molecule has 3 aromatic rings. The van der Waals surface area contributed by atoms with Crippen molar-refractivity contribution < 1.29 is 9.26 Å². The van der Waals surface area contributed by atoms with E-state index in [1.165, 1.54) is 5.56 Å². The van der Waals surface area contributed by atoms with Gasteiger partial charge in [0, 0.05) is 38.8 Å². The van der Waals surface area contributed by atoms with Crippen LogP contribution < -0.4 is 5.32 Å². The second kappa shape index (κ2) is 8.90. The number of ether oxygens (including phenoxy) is 1. The summed E-state index contributed by atoms with van der Waals surface area (Å²) in [7, 11) is 1.67. The number of hydrogen-bond donors (Lipinski definition) is 1. The Hall–Kier alpha value is -2.84. The number of nitrogens with one attached hydrogen (secondary N) is 1. The summed E-state index contributed by atoms with van der Waals surface area (Å²) in [5.41, 5.74) is 2.01. The molecule has 0 saturated carbocycles. The predicted octanol–water partition coefficient (Wildman–Crippen LogP) is 2.92. The Labute approximate surface area is 164 Å². The van der Waals surface area contributed by atoms with Gasteiger partial charge in [-0.2, -0.15) is 4.98 Å². The van der Waals surface area contributed by atoms with Gasteiger partial charge in [0.25, 0.3) is 0 Å². The summed E-state index contributed by atoms with van der Waals surface area (Å²) in [6.45, 7) is 3.09. The summed E-state index contributed by atoms with van der Waals surface area (Å²) in [5, 5.41) is 7.48. The molecule has 1 N–H and O–H groups in total. The van der Waals surface area contributed by atoms with Crippen LogP contribution in [0.2, 0.25) is 0 Å². The molecule has 0 unspecified atom stereocenters. The smallest absolute Gasteiger partial charge is 0.244 e. The molecule has 1 saturated heterocycles. The summed E-state index contributed by atoms with van der Waals surface area (Å²) in [6.07, 6.45) is 7.56. The summed E-state index contributed by atoms with van der Waals surface area (Å²) < 4.78 is 10.7. The normalized spacial score (nSPS) is 17.1. The zero-order valence-electron chi connectivity index (χ0n) is 15.9. The lowest BCUT2D eigenvalue weighted by molar-refractivity contribution is 0.201. The van der Waals surface area contributed by atoms with Gasteiger partial charge in [-0.1, -0.05) is 11.2 Å². The minimum Gasteiger partial charge on any atom is -0.383 e. The highest BCUT2D eigenvalue weighted by Crippen LogP contribution is 2.33. The van der Waals surface area contributed by atoms with Gasteiger partial charge in [-0.15, -0.1) is 0 Å². The summed E-state index contributed by atoms with van der Waals surface area (Å²) in [5.74, 6) is 1.94. The Bertz CT molecular complexity index is 885. The van der Waals surface area contributed by atoms with Crippen molar-refractivity contribution in [2.24, 2.45) is 0 Å². The number of hydrogen-bond acceptors (Lipinski definition) is 8. The average Bonchev–Trinajstić information content (AvgIpc) is 3.39. The van der Waals surface area contributed by atoms with E-state index in [2.05, 4.69) is 31.4 Å². The van der Waals surface area contributed by atoms with Gasteiger partial charge in [-0.05, 0) is 43.1 Å². The Morgan fingerprint density at radius 1 is 1.29 bits per heavy atom. The highest BCUT2D eigenvalue weighted by Gasteiger charge is 2.31. The topological polar surface area (TPSA) is 89.2 Å². The first kappa shape index (κ1) is 18.5. The van der Waals surface area contributed by atoms with Gasteiger partial charge >= 0.3 is 0 Å². The number of methoxy groups -OCH3 is 1. The maximum absolute atomic E-state index is 5.65. The van der Waals surface area contributed by atoms with E-state index in [-0.39, 0.29) is 6.04 Å². The van der Waals surface area contributed by atoms with E-state index < -0.39 is 0 Å². The molecule has 1 aliphatic heterocycles. The van der Waals surface area contributed by atoms with Crippen molar-refractivity contribution in [2.75, 3.05) is 32.1 Å². The zero-order valence-corrected chi connectivity index (χ0v) is 15.9. The highest BCUT2D eigenvalue weighted by atomic mass is 16.5. The molecule has 4 heterocycles. The molecular formula is C20H24N6O2. The lowest BCUT2D eigenvalue weighted by Gasteiger charge is -2.21. The second-order valence-corrected chi connectivity index (χ2v) is 6.77. The molecule has 8 heteroatoms. The fourth-order valence-electron chi connectivity index (χ4n) is 3.50. The molecular weight excluding hydrogens is 356 g/mol. The number of pyridine rings is 2. The SMILES string of the molecule is COCCNc1ncccc1-c1noc([C@H]2CCCN2Cc2cccnc2)n1. The molecule has 0 amide bonds. The number of nitrogens with zero attached hydrogens (tertiary/aromatic N) is 5. The van der Waals surface area contributed by atoms with Crippen LogP contribution in [0.15, 0.2) is 47.4 Å². The van der Waals surface area contributed by atoms with E-state index in [1.807, 2.05) is 24.4 Å². The van der Waals surface area contributed by atoms with E-state index in [9.17, 15) is 0 Å². The molecule has 0 bridgehead atoms. The first-order valence-corrected chi connectivity index (χ1v) is 9.50. The molecule has 0 radical (unpaired) electrons. The van der Waals surface area contributed by atoms with Crippen LogP contribution in [0.5, 0.6) is 0 Å². The lowest BCUT2D eigenvalue weighted by atomic mass is 10.2. The van der Waals surface area contributed by atoms with E-state index in [0.29, 0.717) is 24.9 Å². The van der Waals surface area contributed by atoms with Gasteiger partial charge < -0.3 is 14.6 Å². The number of anilines is 1. The number of likely N-dealkylation sites (tertiary alicyclic amines) is 1. The molecule has 0 aromatic carbocycles. The Balaban J connectivity index is 1.51. The van der Waals surface area contributed by atoms with Crippen LogP contribution in [0.25, 0.3) is 11.4 Å². The summed E-state index contributed by atoms with van der Waals surface area (Å²) in [4.78, 5) is 15.7. The van der Waals surface area contributed by atoms with Gasteiger partial charge in [0.15, 0.2) is 0 Å². The standard InChI is InChI=1S/C20H24N6O2/c1-27-12-10-23-18-16(6-3-9-22-18)19-24-20(28-25-19)17-7-4-11-26(17)14-15-5-2-8-21-13-15/h2-3,5-6,8-9,13,17H,4,7,10-12,14H2,1H3,(H,22,23)/t17-/m1/s1. The summed E-state index contributed by atoms with van der Waals surface area (Å²) >= 11 is 0. The molecule has 0 spiro atoms. The fraction of sp³-hybridized carbons (Fsp3) is 0.400. The van der Waals surface area contributed by atoms with Crippen LogP contribution in [0.1, 0.15) is 30.3 Å². The first-order valence-electron chi connectivity index (χ1n) is 9.50. The predicted molar refractivity (Wildman–Crippen MR) is 105 cm³/mol. The largest absolute Gasteiger partial charge is 0.383 e. The molecule has 146 valence electrons. The maximum atomic E-state index is 5.65. The van der Waals surface area contributed by atoms with Gasteiger partial charge in [0.05, 0.1) is 18.2 Å². The average molecular weight is 380 g/mol.